The number of nitrogens with zero attached hydrogens (tertiary/aromatic N) is 4. The number of pyridine rings is 2. The molecule has 13 rings (SSSR count). The highest BCUT2D eigenvalue weighted by Gasteiger charge is 2.21. The van der Waals surface area contributed by atoms with Gasteiger partial charge in [0.25, 0.3) is 0 Å². The van der Waals surface area contributed by atoms with Crippen molar-refractivity contribution < 1.29 is 0 Å². The van der Waals surface area contributed by atoms with E-state index in [2.05, 4.69) is 289 Å². The minimum Gasteiger partial charge on any atom is -0.308 e. The first-order chi connectivity index (χ1) is 37.7. The summed E-state index contributed by atoms with van der Waals surface area (Å²) in [5.41, 5.74) is 17.4. The third-order valence-corrected chi connectivity index (χ3v) is 14.3. The van der Waals surface area contributed by atoms with Crippen molar-refractivity contribution in [2.24, 2.45) is 0 Å². The average molecular weight is 971 g/mol. The van der Waals surface area contributed by atoms with Crippen molar-refractivity contribution in [3.05, 3.63) is 302 Å². The highest BCUT2D eigenvalue weighted by atomic mass is 15.2. The van der Waals surface area contributed by atoms with Crippen LogP contribution in [0.1, 0.15) is 22.3 Å². The maximum Gasteiger partial charge on any atom is 0.0948 e. The lowest BCUT2D eigenvalue weighted by Gasteiger charge is -2.26. The standard InChI is InChI=1S/C72H50N4/c1-7-21-55(22-8-1)69-63-43-37-51(35-39-53-41-45-67(71-61(53)33-19-47-73-71)75(57-25-11-3-12-26-57)58-27-13-4-14-28-58)49-65(63)66-50-52(38-44-64(66)70(69)56-23-9-2-10-24-56)36-40-54-42-46-68(72-62(54)34-20-48-74-72)76(59-29-15-5-16-30-59)60-31-17-6-18-32-60/h1-50H/b39-35+,40-36+. The maximum absolute atomic E-state index is 5.02. The molecule has 0 aliphatic rings. The Kier molecular flexibility index (Phi) is 12.3. The molecule has 13 aromatic rings. The largest absolute Gasteiger partial charge is 0.308 e. The molecule has 0 spiro atoms. The van der Waals surface area contributed by atoms with Gasteiger partial charge in [-0.05, 0) is 151 Å². The zero-order chi connectivity index (χ0) is 50.6. The van der Waals surface area contributed by atoms with Crippen LogP contribution in [0.2, 0.25) is 0 Å². The lowest BCUT2D eigenvalue weighted by molar-refractivity contribution is 1.27. The van der Waals surface area contributed by atoms with Crippen molar-refractivity contribution >= 4 is 102 Å². The Bertz CT molecular complexity index is 3900. The van der Waals surface area contributed by atoms with E-state index in [9.17, 15) is 0 Å². The molecule has 0 unspecified atom stereocenters. The van der Waals surface area contributed by atoms with Gasteiger partial charge in [-0.3, -0.25) is 9.97 Å². The molecule has 0 saturated heterocycles. The Balaban J connectivity index is 0.941. The number of para-hydroxylation sites is 4. The smallest absolute Gasteiger partial charge is 0.0948 e. The van der Waals surface area contributed by atoms with E-state index in [0.29, 0.717) is 0 Å². The van der Waals surface area contributed by atoms with Crippen LogP contribution in [0.5, 0.6) is 0 Å². The normalized spacial score (nSPS) is 11.6. The summed E-state index contributed by atoms with van der Waals surface area (Å²) in [4.78, 5) is 14.6. The lowest BCUT2D eigenvalue weighted by atomic mass is 9.84. The first-order valence-corrected chi connectivity index (χ1v) is 25.8. The molecule has 0 bridgehead atoms. The Hall–Kier alpha value is -10.2. The predicted octanol–water partition coefficient (Wildman–Crippen LogP) is 19.7. The zero-order valence-electron chi connectivity index (χ0n) is 41.7. The van der Waals surface area contributed by atoms with Crippen LogP contribution in [0.3, 0.4) is 0 Å². The molecule has 4 heteroatoms. The van der Waals surface area contributed by atoms with Gasteiger partial charge in [0, 0.05) is 45.9 Å². The van der Waals surface area contributed by atoms with Crippen LogP contribution in [0, 0.1) is 0 Å². The van der Waals surface area contributed by atoms with Crippen molar-refractivity contribution in [1.29, 1.82) is 0 Å². The molecule has 0 N–H and O–H groups in total. The third-order valence-electron chi connectivity index (χ3n) is 14.3. The van der Waals surface area contributed by atoms with Crippen LogP contribution in [0.15, 0.2) is 279 Å². The highest BCUT2D eigenvalue weighted by Crippen LogP contribution is 2.46. The van der Waals surface area contributed by atoms with Crippen molar-refractivity contribution in [2.75, 3.05) is 9.80 Å². The first-order valence-electron chi connectivity index (χ1n) is 25.8. The average Bonchev–Trinajstić information content (AvgIpc) is 3.62. The van der Waals surface area contributed by atoms with Crippen molar-refractivity contribution in [1.82, 2.24) is 9.97 Å². The van der Waals surface area contributed by atoms with E-state index in [1.807, 2.05) is 24.5 Å². The van der Waals surface area contributed by atoms with Crippen LogP contribution in [0.25, 0.3) is 89.9 Å². The predicted molar refractivity (Wildman–Crippen MR) is 323 cm³/mol. The number of benzene rings is 11. The van der Waals surface area contributed by atoms with Crippen LogP contribution < -0.4 is 9.80 Å². The summed E-state index contributed by atoms with van der Waals surface area (Å²) in [5.74, 6) is 0. The second-order valence-corrected chi connectivity index (χ2v) is 18.9. The molecule has 0 saturated carbocycles. The van der Waals surface area contributed by atoms with Crippen LogP contribution >= 0.6 is 0 Å². The van der Waals surface area contributed by atoms with Crippen molar-refractivity contribution in [3.63, 3.8) is 0 Å². The molecule has 4 nitrogen and oxygen atoms in total. The molecular formula is C72H50N4. The van der Waals surface area contributed by atoms with E-state index >= 15 is 0 Å². The molecule has 11 aromatic carbocycles. The summed E-state index contributed by atoms with van der Waals surface area (Å²) < 4.78 is 0. The van der Waals surface area contributed by atoms with Crippen LogP contribution in [-0.4, -0.2) is 9.97 Å². The summed E-state index contributed by atoms with van der Waals surface area (Å²) in [5, 5.41) is 6.94. The van der Waals surface area contributed by atoms with Crippen LogP contribution in [-0.2, 0) is 0 Å². The molecule has 0 radical (unpaired) electrons. The van der Waals surface area contributed by atoms with Gasteiger partial charge in [0.2, 0.25) is 0 Å². The van der Waals surface area contributed by atoms with Gasteiger partial charge in [0.1, 0.15) is 0 Å². The molecule has 358 valence electrons. The van der Waals surface area contributed by atoms with Gasteiger partial charge >= 0.3 is 0 Å². The Morgan fingerprint density at radius 2 is 0.605 bits per heavy atom. The Labute approximate surface area is 443 Å². The summed E-state index contributed by atoms with van der Waals surface area (Å²) in [7, 11) is 0. The Morgan fingerprint density at radius 3 is 0.961 bits per heavy atom. The number of hydrogen-bond acceptors (Lipinski definition) is 4. The number of rotatable bonds is 12. The molecule has 0 amide bonds. The van der Waals surface area contributed by atoms with Crippen molar-refractivity contribution in [3.8, 4) is 22.3 Å². The molecule has 0 fully saturated rings. The number of anilines is 6. The lowest BCUT2D eigenvalue weighted by Crippen LogP contribution is -2.10. The van der Waals surface area contributed by atoms with E-state index in [-0.39, 0.29) is 0 Å². The number of aromatic nitrogens is 2. The van der Waals surface area contributed by atoms with Gasteiger partial charge < -0.3 is 9.80 Å². The van der Waals surface area contributed by atoms with Gasteiger partial charge in [-0.25, -0.2) is 0 Å². The molecule has 0 atom stereocenters. The van der Waals surface area contributed by atoms with Gasteiger partial charge in [-0.15, -0.1) is 0 Å². The molecule has 2 aromatic heterocycles. The number of fused-ring (bicyclic) bond motifs is 5. The number of hydrogen-bond donors (Lipinski definition) is 0. The van der Waals surface area contributed by atoms with Gasteiger partial charge in [0.15, 0.2) is 0 Å². The van der Waals surface area contributed by atoms with E-state index in [1.54, 1.807) is 0 Å². The Morgan fingerprint density at radius 1 is 0.263 bits per heavy atom. The maximum atomic E-state index is 5.02. The summed E-state index contributed by atoms with van der Waals surface area (Å²) >= 11 is 0. The monoisotopic (exact) mass is 970 g/mol. The topological polar surface area (TPSA) is 32.3 Å². The van der Waals surface area contributed by atoms with E-state index < -0.39 is 0 Å². The summed E-state index contributed by atoms with van der Waals surface area (Å²) in [6.45, 7) is 0. The van der Waals surface area contributed by atoms with Crippen LogP contribution in [0.4, 0.5) is 34.1 Å². The highest BCUT2D eigenvalue weighted by molar-refractivity contribution is 6.22. The fourth-order valence-electron chi connectivity index (χ4n) is 10.8. The first kappa shape index (κ1) is 45.7. The second-order valence-electron chi connectivity index (χ2n) is 18.9. The molecule has 0 aliphatic heterocycles. The fourth-order valence-corrected chi connectivity index (χ4v) is 10.8. The molecule has 2 heterocycles. The minimum atomic E-state index is 0.935. The van der Waals surface area contributed by atoms with E-state index in [4.69, 9.17) is 9.97 Å². The SMILES string of the molecule is C(=C\c1ccc(N(c2ccccc2)c2ccccc2)c2ncccc12)/c1ccc2c(-c3ccccc3)c(-c3ccccc3)c3ccc(/C=C/c4ccc(N(c5ccccc5)c5ccccc5)c5ncccc45)cc3c2c1. The third kappa shape index (κ3) is 8.74. The zero-order valence-corrected chi connectivity index (χ0v) is 41.7. The van der Waals surface area contributed by atoms with Crippen molar-refractivity contribution in [2.45, 2.75) is 0 Å². The molecule has 76 heavy (non-hydrogen) atoms. The second kappa shape index (κ2) is 20.4. The van der Waals surface area contributed by atoms with Gasteiger partial charge in [-0.1, -0.05) is 206 Å². The summed E-state index contributed by atoms with van der Waals surface area (Å²) in [6, 6.07) is 94.9. The molecule has 0 aliphatic carbocycles. The summed E-state index contributed by atoms with van der Waals surface area (Å²) in [6.07, 6.45) is 12.7. The van der Waals surface area contributed by atoms with Gasteiger partial charge in [0.05, 0.1) is 22.4 Å². The van der Waals surface area contributed by atoms with E-state index in [1.165, 1.54) is 43.8 Å². The van der Waals surface area contributed by atoms with E-state index in [0.717, 1.165) is 78.2 Å². The minimum absolute atomic E-state index is 0.935. The quantitative estimate of drug-likeness (QED) is 0.0902. The molecular weight excluding hydrogens is 921 g/mol. The van der Waals surface area contributed by atoms with Gasteiger partial charge in [-0.2, -0.15) is 0 Å². The fraction of sp³-hybridized carbons (Fsp3) is 0.